The maximum Gasteiger partial charge on any atom is 0.122 e. The highest BCUT2D eigenvalue weighted by Gasteiger charge is 1.97. The molecule has 0 saturated carbocycles. The van der Waals surface area contributed by atoms with E-state index in [1.807, 2.05) is 13.8 Å². The second kappa shape index (κ2) is 4.86. The van der Waals surface area contributed by atoms with Crippen molar-refractivity contribution in [3.05, 3.63) is 28.8 Å². The van der Waals surface area contributed by atoms with Gasteiger partial charge in [0, 0.05) is 16.3 Å². The molecule has 0 amide bonds. The Morgan fingerprint density at radius 1 is 1.50 bits per heavy atom. The van der Waals surface area contributed by atoms with Gasteiger partial charge in [-0.3, -0.25) is 0 Å². The predicted octanol–water partition coefficient (Wildman–Crippen LogP) is 2.68. The van der Waals surface area contributed by atoms with Crippen molar-refractivity contribution in [1.82, 2.24) is 0 Å². The lowest BCUT2D eigenvalue weighted by Crippen LogP contribution is -1.96. The third kappa shape index (κ3) is 3.26. The molecule has 0 unspecified atom stereocenters. The highest BCUT2D eigenvalue weighted by molar-refractivity contribution is 6.33. The second-order valence-corrected chi connectivity index (χ2v) is 3.58. The maximum atomic E-state index is 5.91. The Kier molecular flexibility index (Phi) is 3.77. The standard InChI is InChI=1S/C10H13ClN2O/c1-7(2)14-13-6-8-5-9(12)3-4-10(8)11/h3-7H,12H2,1-2H3. The molecule has 0 aliphatic carbocycles. The average molecular weight is 213 g/mol. The number of nitrogen functional groups attached to an aromatic ring is 1. The third-order valence-electron chi connectivity index (χ3n) is 1.48. The molecule has 1 aromatic rings. The van der Waals surface area contributed by atoms with Gasteiger partial charge in [-0.1, -0.05) is 16.8 Å². The van der Waals surface area contributed by atoms with Crippen LogP contribution in [0.25, 0.3) is 0 Å². The molecule has 0 spiro atoms. The van der Waals surface area contributed by atoms with E-state index in [0.29, 0.717) is 10.7 Å². The van der Waals surface area contributed by atoms with Gasteiger partial charge in [0.25, 0.3) is 0 Å². The first-order valence-corrected chi connectivity index (χ1v) is 4.71. The fourth-order valence-corrected chi connectivity index (χ4v) is 1.04. The average Bonchev–Trinajstić information content (AvgIpc) is 2.10. The molecule has 3 nitrogen and oxygen atoms in total. The molecule has 0 aliphatic rings. The van der Waals surface area contributed by atoms with Crippen LogP contribution in [0.1, 0.15) is 19.4 Å². The monoisotopic (exact) mass is 212 g/mol. The van der Waals surface area contributed by atoms with Crippen molar-refractivity contribution in [3.63, 3.8) is 0 Å². The Bertz CT molecular complexity index is 337. The zero-order chi connectivity index (χ0) is 10.6. The largest absolute Gasteiger partial charge is 0.399 e. The topological polar surface area (TPSA) is 47.6 Å². The molecule has 0 fully saturated rings. The van der Waals surface area contributed by atoms with Crippen LogP contribution >= 0.6 is 11.6 Å². The molecule has 4 heteroatoms. The van der Waals surface area contributed by atoms with Gasteiger partial charge in [0.2, 0.25) is 0 Å². The Balaban J connectivity index is 2.75. The third-order valence-corrected chi connectivity index (χ3v) is 1.83. The van der Waals surface area contributed by atoms with Crippen LogP contribution in [-0.2, 0) is 4.84 Å². The highest BCUT2D eigenvalue weighted by atomic mass is 35.5. The molecule has 14 heavy (non-hydrogen) atoms. The molecule has 1 rings (SSSR count). The molecule has 1 aromatic carbocycles. The van der Waals surface area contributed by atoms with Crippen LogP contribution in [0.3, 0.4) is 0 Å². The van der Waals surface area contributed by atoms with Crippen LogP contribution in [0.2, 0.25) is 5.02 Å². The minimum absolute atomic E-state index is 0.0612. The summed E-state index contributed by atoms with van der Waals surface area (Å²) in [6.07, 6.45) is 1.62. The molecule has 0 heterocycles. The molecule has 76 valence electrons. The molecule has 0 aliphatic heterocycles. The molecule has 0 aromatic heterocycles. The quantitative estimate of drug-likeness (QED) is 0.476. The minimum atomic E-state index is 0.0612. The van der Waals surface area contributed by atoms with E-state index >= 15 is 0 Å². The van der Waals surface area contributed by atoms with E-state index in [2.05, 4.69) is 5.16 Å². The van der Waals surface area contributed by atoms with Crippen LogP contribution in [0.15, 0.2) is 23.4 Å². The van der Waals surface area contributed by atoms with Gasteiger partial charge >= 0.3 is 0 Å². The Morgan fingerprint density at radius 3 is 2.86 bits per heavy atom. The predicted molar refractivity (Wildman–Crippen MR) is 59.7 cm³/mol. The number of hydrogen-bond acceptors (Lipinski definition) is 3. The van der Waals surface area contributed by atoms with Crippen molar-refractivity contribution in [2.45, 2.75) is 20.0 Å². The van der Waals surface area contributed by atoms with Crippen molar-refractivity contribution in [1.29, 1.82) is 0 Å². The van der Waals surface area contributed by atoms with E-state index in [1.165, 1.54) is 0 Å². The van der Waals surface area contributed by atoms with Crippen LogP contribution in [0.4, 0.5) is 5.69 Å². The van der Waals surface area contributed by atoms with Crippen LogP contribution in [0.5, 0.6) is 0 Å². The van der Waals surface area contributed by atoms with E-state index in [9.17, 15) is 0 Å². The Morgan fingerprint density at radius 2 is 2.21 bits per heavy atom. The molecular weight excluding hydrogens is 200 g/mol. The number of halogens is 1. The molecule has 0 radical (unpaired) electrons. The Hall–Kier alpha value is -1.22. The number of rotatable bonds is 3. The number of hydrogen-bond donors (Lipinski definition) is 1. The summed E-state index contributed by atoms with van der Waals surface area (Å²) in [5.74, 6) is 0. The van der Waals surface area contributed by atoms with Gasteiger partial charge < -0.3 is 10.6 Å². The summed E-state index contributed by atoms with van der Waals surface area (Å²) in [7, 11) is 0. The normalized spacial score (nSPS) is 11.1. The fraction of sp³-hybridized carbons (Fsp3) is 0.300. The number of benzene rings is 1. The molecular formula is C10H13ClN2O. The Labute approximate surface area is 88.5 Å². The second-order valence-electron chi connectivity index (χ2n) is 3.17. The van der Waals surface area contributed by atoms with Crippen molar-refractivity contribution in [3.8, 4) is 0 Å². The van der Waals surface area contributed by atoms with Gasteiger partial charge in [0.1, 0.15) is 6.10 Å². The van der Waals surface area contributed by atoms with Gasteiger partial charge in [-0.15, -0.1) is 0 Å². The van der Waals surface area contributed by atoms with Gasteiger partial charge in [-0.2, -0.15) is 0 Å². The lowest BCUT2D eigenvalue weighted by atomic mass is 10.2. The molecule has 0 saturated heterocycles. The first kappa shape index (κ1) is 10.9. The van der Waals surface area contributed by atoms with Crippen LogP contribution < -0.4 is 5.73 Å². The van der Waals surface area contributed by atoms with Crippen LogP contribution in [-0.4, -0.2) is 12.3 Å². The van der Waals surface area contributed by atoms with E-state index in [0.717, 1.165) is 5.56 Å². The van der Waals surface area contributed by atoms with Crippen LogP contribution in [0, 0.1) is 0 Å². The van der Waals surface area contributed by atoms with E-state index < -0.39 is 0 Å². The molecule has 0 bridgehead atoms. The summed E-state index contributed by atoms with van der Waals surface area (Å²) in [5, 5.41) is 4.38. The highest BCUT2D eigenvalue weighted by Crippen LogP contribution is 2.16. The number of oxime groups is 1. The van der Waals surface area contributed by atoms with Gasteiger partial charge in [0.05, 0.1) is 6.21 Å². The van der Waals surface area contributed by atoms with Crippen molar-refractivity contribution >= 4 is 23.5 Å². The van der Waals surface area contributed by atoms with Crippen molar-refractivity contribution in [2.24, 2.45) is 5.16 Å². The van der Waals surface area contributed by atoms with E-state index in [1.54, 1.807) is 24.4 Å². The fourth-order valence-electron chi connectivity index (χ4n) is 0.870. The van der Waals surface area contributed by atoms with Crippen molar-refractivity contribution < 1.29 is 4.84 Å². The van der Waals surface area contributed by atoms with E-state index in [4.69, 9.17) is 22.2 Å². The summed E-state index contributed by atoms with van der Waals surface area (Å²) in [6.45, 7) is 3.80. The lowest BCUT2D eigenvalue weighted by molar-refractivity contribution is 0.0874. The van der Waals surface area contributed by atoms with Gasteiger partial charge in [-0.05, 0) is 32.0 Å². The SMILES string of the molecule is CC(C)ON=Cc1cc(N)ccc1Cl. The summed E-state index contributed by atoms with van der Waals surface area (Å²) >= 11 is 5.91. The summed E-state index contributed by atoms with van der Waals surface area (Å²) < 4.78 is 0. The molecule has 2 N–H and O–H groups in total. The smallest absolute Gasteiger partial charge is 0.122 e. The number of nitrogens with two attached hydrogens (primary N) is 1. The number of nitrogens with zero attached hydrogens (tertiary/aromatic N) is 1. The lowest BCUT2D eigenvalue weighted by Gasteiger charge is -2.02. The maximum absolute atomic E-state index is 5.91. The van der Waals surface area contributed by atoms with Gasteiger partial charge in [0.15, 0.2) is 0 Å². The zero-order valence-corrected chi connectivity index (χ0v) is 8.95. The van der Waals surface area contributed by atoms with E-state index in [-0.39, 0.29) is 6.10 Å². The van der Waals surface area contributed by atoms with Crippen molar-refractivity contribution in [2.75, 3.05) is 5.73 Å². The summed E-state index contributed by atoms with van der Waals surface area (Å²) in [4.78, 5) is 5.01. The first-order chi connectivity index (χ1) is 6.59. The summed E-state index contributed by atoms with van der Waals surface area (Å²) in [6, 6.07) is 5.21. The van der Waals surface area contributed by atoms with Gasteiger partial charge in [-0.25, -0.2) is 0 Å². The zero-order valence-electron chi connectivity index (χ0n) is 8.20. The first-order valence-electron chi connectivity index (χ1n) is 4.34. The number of anilines is 1. The summed E-state index contributed by atoms with van der Waals surface area (Å²) in [5.41, 5.74) is 7.01. The minimum Gasteiger partial charge on any atom is -0.399 e. The molecule has 0 atom stereocenters.